The minimum atomic E-state index is -4.26. The van der Waals surface area contributed by atoms with Crippen LogP contribution in [0.2, 0.25) is 0 Å². The van der Waals surface area contributed by atoms with Crippen LogP contribution in [0.15, 0.2) is 0 Å². The van der Waals surface area contributed by atoms with Crippen molar-refractivity contribution in [3.63, 3.8) is 0 Å². The predicted molar refractivity (Wildman–Crippen MR) is 28.8 cm³/mol. The fourth-order valence-corrected chi connectivity index (χ4v) is 0.891. The van der Waals surface area contributed by atoms with E-state index in [9.17, 15) is 22.9 Å². The van der Waals surface area contributed by atoms with E-state index in [1.54, 1.807) is 0 Å². The molecule has 0 aromatic heterocycles. The van der Waals surface area contributed by atoms with Gasteiger partial charge >= 0.3 is 59.1 Å². The molecule has 12 heavy (non-hydrogen) atoms. The van der Waals surface area contributed by atoms with Gasteiger partial charge in [-0.2, -0.15) is 0 Å². The molecule has 0 unspecified atom stereocenters. The van der Waals surface area contributed by atoms with Gasteiger partial charge in [0.2, 0.25) is 0 Å². The van der Waals surface area contributed by atoms with Crippen LogP contribution in [0.5, 0.6) is 0 Å². The van der Waals surface area contributed by atoms with Crippen molar-refractivity contribution in [2.45, 2.75) is 12.8 Å². The van der Waals surface area contributed by atoms with Gasteiger partial charge in [-0.25, -0.2) is 8.42 Å². The SMILES string of the molecule is O=C([O-])CCCS(=O)(=O)[O-].[Na+].[Na+]. The second-order valence-electron chi connectivity index (χ2n) is 1.74. The summed E-state index contributed by atoms with van der Waals surface area (Å²) >= 11 is 0. The summed E-state index contributed by atoms with van der Waals surface area (Å²) in [4.78, 5) is 9.68. The van der Waals surface area contributed by atoms with Gasteiger partial charge in [0, 0.05) is 11.7 Å². The standard InChI is InChI=1S/C4H8O5S.2Na/c5-4(6)2-1-3-10(7,8)9;;/h1-3H2,(H,5,6)(H,7,8,9);;/q;2*+1/p-2. The molecule has 0 aliphatic carbocycles. The summed E-state index contributed by atoms with van der Waals surface area (Å²) in [5, 5.41) is 9.68. The average Bonchev–Trinajstić information content (AvgIpc) is 1.59. The third kappa shape index (κ3) is 17.5. The monoisotopic (exact) mass is 212 g/mol. The first kappa shape index (κ1) is 19.0. The quantitative estimate of drug-likeness (QED) is 0.340. The molecular formula is C4H6Na2O5S. The zero-order valence-corrected chi connectivity index (χ0v) is 11.9. The maximum absolute atomic E-state index is 9.84. The minimum Gasteiger partial charge on any atom is -0.748 e. The molecule has 60 valence electrons. The van der Waals surface area contributed by atoms with Crippen LogP contribution in [-0.4, -0.2) is 24.7 Å². The molecule has 0 aliphatic heterocycles. The van der Waals surface area contributed by atoms with E-state index in [-0.39, 0.29) is 72.0 Å². The normalized spacial score (nSPS) is 9.42. The summed E-state index contributed by atoms with van der Waals surface area (Å²) in [7, 11) is -4.26. The van der Waals surface area contributed by atoms with E-state index in [4.69, 9.17) is 0 Å². The van der Waals surface area contributed by atoms with Crippen molar-refractivity contribution in [1.29, 1.82) is 0 Å². The molecule has 0 N–H and O–H groups in total. The Kier molecular flexibility index (Phi) is 14.2. The van der Waals surface area contributed by atoms with Gasteiger partial charge in [-0.3, -0.25) is 0 Å². The van der Waals surface area contributed by atoms with Crippen LogP contribution >= 0.6 is 0 Å². The van der Waals surface area contributed by atoms with E-state index in [1.807, 2.05) is 0 Å². The van der Waals surface area contributed by atoms with E-state index >= 15 is 0 Å². The van der Waals surface area contributed by atoms with Gasteiger partial charge in [-0.15, -0.1) is 0 Å². The van der Waals surface area contributed by atoms with Gasteiger partial charge in [-0.05, 0) is 12.8 Å². The van der Waals surface area contributed by atoms with Crippen molar-refractivity contribution in [1.82, 2.24) is 0 Å². The smallest absolute Gasteiger partial charge is 0.748 e. The Balaban J connectivity index is -0.000000405. The third-order valence-electron chi connectivity index (χ3n) is 0.775. The zero-order chi connectivity index (χ0) is 8.20. The van der Waals surface area contributed by atoms with E-state index in [0.717, 1.165) is 0 Å². The summed E-state index contributed by atoms with van der Waals surface area (Å²) in [6.45, 7) is 0. The zero-order valence-electron chi connectivity index (χ0n) is 7.07. The summed E-state index contributed by atoms with van der Waals surface area (Å²) < 4.78 is 29.5. The van der Waals surface area contributed by atoms with Gasteiger partial charge in [0.25, 0.3) is 0 Å². The second kappa shape index (κ2) is 8.96. The molecule has 0 aromatic rings. The predicted octanol–water partition coefficient (Wildman–Crippen LogP) is -7.93. The topological polar surface area (TPSA) is 97.3 Å². The van der Waals surface area contributed by atoms with Crippen LogP contribution in [0.3, 0.4) is 0 Å². The molecule has 0 aliphatic rings. The first-order valence-corrected chi connectivity index (χ1v) is 4.13. The van der Waals surface area contributed by atoms with Crippen molar-refractivity contribution in [2.75, 3.05) is 5.75 Å². The van der Waals surface area contributed by atoms with Crippen molar-refractivity contribution in [3.05, 3.63) is 0 Å². The molecular weight excluding hydrogens is 206 g/mol. The van der Waals surface area contributed by atoms with Crippen molar-refractivity contribution in [3.8, 4) is 0 Å². The molecule has 0 saturated heterocycles. The number of hydrogen-bond donors (Lipinski definition) is 0. The maximum atomic E-state index is 9.84. The first-order valence-electron chi connectivity index (χ1n) is 2.55. The molecule has 0 fully saturated rings. The van der Waals surface area contributed by atoms with Gasteiger partial charge in [0.15, 0.2) is 0 Å². The van der Waals surface area contributed by atoms with Crippen LogP contribution < -0.4 is 64.2 Å². The molecule has 0 radical (unpaired) electrons. The molecule has 8 heteroatoms. The second-order valence-corrected chi connectivity index (χ2v) is 3.26. The largest absolute Gasteiger partial charge is 1.00 e. The summed E-state index contributed by atoms with van der Waals surface area (Å²) in [6.07, 6.45) is -0.560. The Morgan fingerprint density at radius 1 is 1.25 bits per heavy atom. The Bertz CT molecular complexity index is 211. The number of rotatable bonds is 4. The number of aliphatic carboxylic acids is 1. The van der Waals surface area contributed by atoms with Crippen LogP contribution in [0.25, 0.3) is 0 Å². The number of carboxylic acids is 1. The molecule has 0 heterocycles. The Labute approximate surface area is 115 Å². The van der Waals surface area contributed by atoms with E-state index in [2.05, 4.69) is 0 Å². The fourth-order valence-electron chi connectivity index (χ4n) is 0.393. The van der Waals surface area contributed by atoms with Gasteiger partial charge in [0.05, 0.1) is 10.1 Å². The minimum absolute atomic E-state index is 0. The Morgan fingerprint density at radius 3 is 1.92 bits per heavy atom. The molecule has 5 nitrogen and oxygen atoms in total. The van der Waals surface area contributed by atoms with Crippen LogP contribution in [0.4, 0.5) is 0 Å². The Morgan fingerprint density at radius 2 is 1.67 bits per heavy atom. The molecule has 0 aromatic carbocycles. The van der Waals surface area contributed by atoms with Gasteiger partial charge in [0.1, 0.15) is 0 Å². The first-order chi connectivity index (χ1) is 4.42. The van der Waals surface area contributed by atoms with Crippen molar-refractivity contribution in [2.24, 2.45) is 0 Å². The van der Waals surface area contributed by atoms with Crippen LogP contribution in [-0.2, 0) is 14.9 Å². The molecule has 0 amide bonds. The van der Waals surface area contributed by atoms with E-state index in [0.29, 0.717) is 0 Å². The summed E-state index contributed by atoms with van der Waals surface area (Å²) in [6, 6.07) is 0. The molecule has 0 rings (SSSR count). The third-order valence-corrected chi connectivity index (χ3v) is 1.56. The van der Waals surface area contributed by atoms with Crippen molar-refractivity contribution >= 4 is 16.1 Å². The number of carboxylic acid groups (broad SMARTS) is 1. The van der Waals surface area contributed by atoms with Gasteiger partial charge in [-0.1, -0.05) is 0 Å². The number of carbonyl (C=O) groups excluding carboxylic acids is 1. The van der Waals surface area contributed by atoms with E-state index in [1.165, 1.54) is 0 Å². The number of hydrogen-bond acceptors (Lipinski definition) is 5. The van der Waals surface area contributed by atoms with Gasteiger partial charge < -0.3 is 14.5 Å². The average molecular weight is 212 g/mol. The molecule has 0 saturated carbocycles. The summed E-state index contributed by atoms with van der Waals surface area (Å²) in [5.41, 5.74) is 0. The Hall–Kier alpha value is 1.38. The maximum Gasteiger partial charge on any atom is 1.00 e. The number of carbonyl (C=O) groups is 1. The fraction of sp³-hybridized carbons (Fsp3) is 0.750. The van der Waals surface area contributed by atoms with Crippen molar-refractivity contribution < 1.29 is 82.0 Å². The van der Waals surface area contributed by atoms with Crippen LogP contribution in [0, 0.1) is 0 Å². The van der Waals surface area contributed by atoms with Crippen LogP contribution in [0.1, 0.15) is 12.8 Å². The summed E-state index contributed by atoms with van der Waals surface area (Å²) in [5.74, 6) is -1.98. The van der Waals surface area contributed by atoms with E-state index < -0.39 is 21.8 Å². The molecule has 0 atom stereocenters. The molecule has 0 spiro atoms. The molecule has 0 bridgehead atoms.